The molecule has 0 atom stereocenters. The van der Waals surface area contributed by atoms with Crippen molar-refractivity contribution >= 4 is 40.4 Å². The van der Waals surface area contributed by atoms with Crippen molar-refractivity contribution in [2.75, 3.05) is 0 Å². The highest BCUT2D eigenvalue weighted by Gasteiger charge is 2.19. The van der Waals surface area contributed by atoms with Gasteiger partial charge in [0.15, 0.2) is 0 Å². The van der Waals surface area contributed by atoms with E-state index in [0.717, 1.165) is 16.3 Å². The number of aryl methyl sites for hydroxylation is 2. The lowest BCUT2D eigenvalue weighted by atomic mass is 10.2. The van der Waals surface area contributed by atoms with Gasteiger partial charge in [-0.05, 0) is 18.6 Å². The van der Waals surface area contributed by atoms with E-state index in [4.69, 9.17) is 23.2 Å². The first kappa shape index (κ1) is 17.9. The first-order valence-electron chi connectivity index (χ1n) is 7.69. The van der Waals surface area contributed by atoms with Crippen LogP contribution in [0.15, 0.2) is 29.6 Å². The van der Waals surface area contributed by atoms with E-state index in [1.165, 1.54) is 16.0 Å². The van der Waals surface area contributed by atoms with Crippen molar-refractivity contribution in [1.82, 2.24) is 20.1 Å². The van der Waals surface area contributed by atoms with E-state index in [1.807, 2.05) is 36.6 Å². The molecule has 0 fully saturated rings. The molecule has 3 rings (SSSR count). The van der Waals surface area contributed by atoms with Gasteiger partial charge in [-0.25, -0.2) is 4.98 Å². The minimum absolute atomic E-state index is 0.263. The molecule has 0 bridgehead atoms. The summed E-state index contributed by atoms with van der Waals surface area (Å²) >= 11 is 13.7. The summed E-state index contributed by atoms with van der Waals surface area (Å²) in [7, 11) is 1.71. The van der Waals surface area contributed by atoms with E-state index in [2.05, 4.69) is 15.4 Å². The van der Waals surface area contributed by atoms with Crippen molar-refractivity contribution < 1.29 is 4.79 Å². The highest BCUT2D eigenvalue weighted by atomic mass is 35.5. The fourth-order valence-corrected chi connectivity index (χ4v) is 3.73. The van der Waals surface area contributed by atoms with Crippen LogP contribution in [0.25, 0.3) is 10.6 Å². The summed E-state index contributed by atoms with van der Waals surface area (Å²) in [6.45, 7) is 2.27. The number of thiazole rings is 1. The van der Waals surface area contributed by atoms with Crippen LogP contribution in [0.3, 0.4) is 0 Å². The molecule has 2 heterocycles. The normalized spacial score (nSPS) is 10.9. The summed E-state index contributed by atoms with van der Waals surface area (Å²) < 4.78 is 1.51. The van der Waals surface area contributed by atoms with Gasteiger partial charge in [-0.15, -0.1) is 11.3 Å². The number of carbonyl (C=O) groups is 1. The largest absolute Gasteiger partial charge is 0.345 e. The van der Waals surface area contributed by atoms with E-state index in [1.54, 1.807) is 7.05 Å². The Kier molecular flexibility index (Phi) is 5.42. The Morgan fingerprint density at radius 3 is 2.64 bits per heavy atom. The van der Waals surface area contributed by atoms with Crippen LogP contribution in [0.2, 0.25) is 10.0 Å². The molecule has 0 aliphatic rings. The third kappa shape index (κ3) is 3.86. The van der Waals surface area contributed by atoms with Gasteiger partial charge in [-0.2, -0.15) is 5.10 Å². The summed E-state index contributed by atoms with van der Waals surface area (Å²) in [5, 5.41) is 11.0. The molecular weight excluding hydrogens is 379 g/mol. The van der Waals surface area contributed by atoms with Gasteiger partial charge in [0.2, 0.25) is 0 Å². The molecule has 25 heavy (non-hydrogen) atoms. The maximum absolute atomic E-state index is 12.4. The molecule has 0 spiro atoms. The van der Waals surface area contributed by atoms with Crippen LogP contribution >= 0.6 is 34.5 Å². The molecule has 1 aromatic carbocycles. The maximum Gasteiger partial charge on any atom is 0.271 e. The average molecular weight is 395 g/mol. The van der Waals surface area contributed by atoms with Crippen molar-refractivity contribution in [1.29, 1.82) is 0 Å². The van der Waals surface area contributed by atoms with Crippen molar-refractivity contribution in [2.24, 2.45) is 7.05 Å². The second-order valence-electron chi connectivity index (χ2n) is 5.42. The highest BCUT2D eigenvalue weighted by molar-refractivity contribution is 7.13. The maximum atomic E-state index is 12.4. The quantitative estimate of drug-likeness (QED) is 0.699. The summed E-state index contributed by atoms with van der Waals surface area (Å²) in [5.74, 6) is -0.263. The number of aromatic nitrogens is 3. The molecule has 1 N–H and O–H groups in total. The predicted molar refractivity (Wildman–Crippen MR) is 101 cm³/mol. The molecule has 1 amide bonds. The van der Waals surface area contributed by atoms with Crippen LogP contribution in [0.1, 0.15) is 28.8 Å². The van der Waals surface area contributed by atoms with Gasteiger partial charge in [0.05, 0.1) is 23.0 Å². The highest BCUT2D eigenvalue weighted by Crippen LogP contribution is 2.25. The average Bonchev–Trinajstić information content (AvgIpc) is 3.18. The molecular formula is C17H16Cl2N4OS. The first-order valence-corrected chi connectivity index (χ1v) is 9.33. The number of benzene rings is 1. The van der Waals surface area contributed by atoms with Gasteiger partial charge in [0, 0.05) is 23.0 Å². The van der Waals surface area contributed by atoms with Gasteiger partial charge >= 0.3 is 0 Å². The zero-order chi connectivity index (χ0) is 18.0. The second-order valence-corrected chi connectivity index (χ2v) is 7.09. The molecule has 0 unspecified atom stereocenters. The van der Waals surface area contributed by atoms with Crippen molar-refractivity contribution in [2.45, 2.75) is 19.9 Å². The Balaban J connectivity index is 1.69. The number of rotatable bonds is 5. The van der Waals surface area contributed by atoms with Gasteiger partial charge < -0.3 is 5.32 Å². The Bertz CT molecular complexity index is 902. The van der Waals surface area contributed by atoms with Crippen molar-refractivity contribution in [3.05, 3.63) is 56.8 Å². The molecule has 3 aromatic rings. The minimum atomic E-state index is -0.263. The van der Waals surface area contributed by atoms with Crippen LogP contribution in [-0.4, -0.2) is 20.7 Å². The summed E-state index contributed by atoms with van der Waals surface area (Å²) in [4.78, 5) is 17.0. The third-order valence-electron chi connectivity index (χ3n) is 3.68. The van der Waals surface area contributed by atoms with Crippen molar-refractivity contribution in [3.8, 4) is 10.6 Å². The monoisotopic (exact) mass is 394 g/mol. The molecule has 2 aromatic heterocycles. The number of amides is 1. The van der Waals surface area contributed by atoms with Crippen LogP contribution in [0, 0.1) is 0 Å². The molecule has 130 valence electrons. The zero-order valence-electron chi connectivity index (χ0n) is 13.7. The number of hydrogen-bond acceptors (Lipinski definition) is 4. The molecule has 0 aliphatic carbocycles. The first-order chi connectivity index (χ1) is 12.0. The Hall–Kier alpha value is -1.89. The predicted octanol–water partition coefficient (Wildman–Crippen LogP) is 4.34. The number of hydrogen-bond donors (Lipinski definition) is 1. The number of carbonyl (C=O) groups excluding carboxylic acids is 1. The minimum Gasteiger partial charge on any atom is -0.345 e. The lowest BCUT2D eigenvalue weighted by molar-refractivity contribution is 0.0941. The van der Waals surface area contributed by atoms with Crippen LogP contribution < -0.4 is 5.32 Å². The Morgan fingerprint density at radius 1 is 1.28 bits per heavy atom. The Morgan fingerprint density at radius 2 is 2.00 bits per heavy atom. The molecule has 0 radical (unpaired) electrons. The van der Waals surface area contributed by atoms with Gasteiger partial charge in [0.1, 0.15) is 10.7 Å². The Labute approximate surface area is 159 Å². The molecule has 0 saturated heterocycles. The standard InChI is InChI=1S/C17H16Cl2N4OS/c1-3-13-14(19)15(23(2)22-13)16(24)20-8-12-9-25-17(21-12)10-4-6-11(18)7-5-10/h4-7,9H,3,8H2,1-2H3,(H,20,24). The van der Waals surface area contributed by atoms with Crippen molar-refractivity contribution in [3.63, 3.8) is 0 Å². The second kappa shape index (κ2) is 7.56. The van der Waals surface area contributed by atoms with E-state index in [-0.39, 0.29) is 5.91 Å². The smallest absolute Gasteiger partial charge is 0.271 e. The van der Waals surface area contributed by atoms with E-state index in [0.29, 0.717) is 34.4 Å². The van der Waals surface area contributed by atoms with Crippen LogP contribution in [0.4, 0.5) is 0 Å². The van der Waals surface area contributed by atoms with E-state index in [9.17, 15) is 4.79 Å². The van der Waals surface area contributed by atoms with Crippen LogP contribution in [-0.2, 0) is 20.0 Å². The molecule has 8 heteroatoms. The van der Waals surface area contributed by atoms with Gasteiger partial charge in [-0.1, -0.05) is 42.3 Å². The van der Waals surface area contributed by atoms with Gasteiger partial charge in [-0.3, -0.25) is 9.48 Å². The van der Waals surface area contributed by atoms with Crippen LogP contribution in [0.5, 0.6) is 0 Å². The van der Waals surface area contributed by atoms with Gasteiger partial charge in [0.25, 0.3) is 5.91 Å². The third-order valence-corrected chi connectivity index (χ3v) is 5.27. The van der Waals surface area contributed by atoms with E-state index < -0.39 is 0 Å². The SMILES string of the molecule is CCc1nn(C)c(C(=O)NCc2csc(-c3ccc(Cl)cc3)n2)c1Cl. The molecule has 0 aliphatic heterocycles. The summed E-state index contributed by atoms with van der Waals surface area (Å²) in [5.41, 5.74) is 2.87. The summed E-state index contributed by atoms with van der Waals surface area (Å²) in [6, 6.07) is 7.50. The summed E-state index contributed by atoms with van der Waals surface area (Å²) in [6.07, 6.45) is 0.677. The number of nitrogens with one attached hydrogen (secondary N) is 1. The van der Waals surface area contributed by atoms with E-state index >= 15 is 0 Å². The lowest BCUT2D eigenvalue weighted by Gasteiger charge is -2.04. The fraction of sp³-hybridized carbons (Fsp3) is 0.235. The lowest BCUT2D eigenvalue weighted by Crippen LogP contribution is -2.25. The molecule has 0 saturated carbocycles. The topological polar surface area (TPSA) is 59.8 Å². The number of halogens is 2. The molecule has 5 nitrogen and oxygen atoms in total. The number of nitrogens with zero attached hydrogens (tertiary/aromatic N) is 3. The fourth-order valence-electron chi connectivity index (χ4n) is 2.39. The zero-order valence-corrected chi connectivity index (χ0v) is 16.0.